The van der Waals surface area contributed by atoms with Crippen LogP contribution in [0.5, 0.6) is 0 Å². The van der Waals surface area contributed by atoms with E-state index in [2.05, 4.69) is 6.19 Å². The maximum Gasteiger partial charge on any atom is 0.416 e. The van der Waals surface area contributed by atoms with Gasteiger partial charge in [0.25, 0.3) is 0 Å². The summed E-state index contributed by atoms with van der Waals surface area (Å²) in [7, 11) is 0. The van der Waals surface area contributed by atoms with Crippen LogP contribution in [0.25, 0.3) is 11.1 Å². The lowest BCUT2D eigenvalue weighted by atomic mass is 10.0. The third kappa shape index (κ3) is 3.69. The standard InChI is InChI=1S/C18H15F3N2O/c19-18(20,21)16-7-5-15(6-8-16)14-3-1-13(2-4-14)11-24-17-9-23(10-17)12-22/h1-8,17H,9-11H2. The van der Waals surface area contributed by atoms with Crippen LogP contribution in [0.4, 0.5) is 13.2 Å². The third-order valence-corrected chi connectivity index (χ3v) is 3.97. The maximum atomic E-state index is 12.6. The number of rotatable bonds is 4. The molecule has 1 fully saturated rings. The predicted octanol–water partition coefficient (Wildman–Crippen LogP) is 4.05. The van der Waals surface area contributed by atoms with Crippen molar-refractivity contribution in [3.05, 3.63) is 59.7 Å². The highest BCUT2D eigenvalue weighted by atomic mass is 19.4. The Bertz CT molecular complexity index is 727. The number of nitriles is 1. The second-order valence-corrected chi connectivity index (χ2v) is 5.71. The molecule has 1 saturated heterocycles. The summed E-state index contributed by atoms with van der Waals surface area (Å²) >= 11 is 0. The number of nitrogens with zero attached hydrogens (tertiary/aromatic N) is 2. The molecule has 0 N–H and O–H groups in total. The third-order valence-electron chi connectivity index (χ3n) is 3.97. The molecule has 2 aromatic carbocycles. The molecule has 3 nitrogen and oxygen atoms in total. The molecule has 0 radical (unpaired) electrons. The van der Waals surface area contributed by atoms with Gasteiger partial charge >= 0.3 is 6.18 Å². The number of ether oxygens (including phenoxy) is 1. The maximum absolute atomic E-state index is 12.6. The Kier molecular flexibility index (Phi) is 4.45. The van der Waals surface area contributed by atoms with Crippen LogP contribution < -0.4 is 0 Å². The molecule has 1 aliphatic heterocycles. The molecule has 24 heavy (non-hydrogen) atoms. The van der Waals surface area contributed by atoms with Crippen LogP contribution in [0.15, 0.2) is 48.5 Å². The van der Waals surface area contributed by atoms with E-state index < -0.39 is 11.7 Å². The highest BCUT2D eigenvalue weighted by Crippen LogP contribution is 2.31. The van der Waals surface area contributed by atoms with Crippen molar-refractivity contribution in [3.63, 3.8) is 0 Å². The van der Waals surface area contributed by atoms with Crippen LogP contribution >= 0.6 is 0 Å². The molecule has 6 heteroatoms. The molecular weight excluding hydrogens is 317 g/mol. The SMILES string of the molecule is N#CN1CC(OCc2ccc(-c3ccc(C(F)(F)F)cc3)cc2)C1. The Morgan fingerprint density at radius 1 is 1.00 bits per heavy atom. The van der Waals surface area contributed by atoms with Gasteiger partial charge in [-0.05, 0) is 28.8 Å². The Hall–Kier alpha value is -2.52. The molecule has 1 aliphatic rings. The van der Waals surface area contributed by atoms with Gasteiger partial charge in [-0.2, -0.15) is 18.4 Å². The molecule has 3 rings (SSSR count). The smallest absolute Gasteiger partial charge is 0.370 e. The summed E-state index contributed by atoms with van der Waals surface area (Å²) < 4.78 is 43.4. The van der Waals surface area contributed by atoms with Crippen LogP contribution in [-0.4, -0.2) is 24.1 Å². The Morgan fingerprint density at radius 3 is 2.04 bits per heavy atom. The van der Waals surface area contributed by atoms with E-state index in [1.165, 1.54) is 12.1 Å². The minimum Gasteiger partial charge on any atom is -0.370 e. The molecule has 0 spiro atoms. The van der Waals surface area contributed by atoms with Gasteiger partial charge in [0, 0.05) is 0 Å². The second-order valence-electron chi connectivity index (χ2n) is 5.71. The lowest BCUT2D eigenvalue weighted by Crippen LogP contribution is -2.49. The van der Waals surface area contributed by atoms with Gasteiger partial charge < -0.3 is 9.64 Å². The van der Waals surface area contributed by atoms with E-state index in [0.29, 0.717) is 19.7 Å². The summed E-state index contributed by atoms with van der Waals surface area (Å²) in [4.78, 5) is 1.62. The van der Waals surface area contributed by atoms with Crippen molar-refractivity contribution in [1.29, 1.82) is 5.26 Å². The van der Waals surface area contributed by atoms with Gasteiger partial charge in [0.1, 0.15) is 0 Å². The quantitative estimate of drug-likeness (QED) is 0.793. The van der Waals surface area contributed by atoms with Crippen molar-refractivity contribution in [1.82, 2.24) is 4.90 Å². The largest absolute Gasteiger partial charge is 0.416 e. The van der Waals surface area contributed by atoms with E-state index in [4.69, 9.17) is 10.00 Å². The molecule has 0 unspecified atom stereocenters. The average Bonchev–Trinajstić information content (AvgIpc) is 2.53. The number of likely N-dealkylation sites (tertiary alicyclic amines) is 1. The van der Waals surface area contributed by atoms with Crippen LogP contribution in [0.1, 0.15) is 11.1 Å². The number of hydrogen-bond donors (Lipinski definition) is 0. The summed E-state index contributed by atoms with van der Waals surface area (Å²) in [5.74, 6) is 0. The summed E-state index contributed by atoms with van der Waals surface area (Å²) in [5, 5.41) is 8.65. The average molecular weight is 332 g/mol. The first kappa shape index (κ1) is 16.3. The molecule has 0 atom stereocenters. The number of halogens is 3. The number of benzene rings is 2. The van der Waals surface area contributed by atoms with E-state index >= 15 is 0 Å². The number of hydrogen-bond acceptors (Lipinski definition) is 3. The molecule has 124 valence electrons. The molecule has 0 aliphatic carbocycles. The lowest BCUT2D eigenvalue weighted by molar-refractivity contribution is -0.137. The van der Waals surface area contributed by atoms with E-state index in [0.717, 1.165) is 28.8 Å². The molecule has 0 saturated carbocycles. The zero-order valence-electron chi connectivity index (χ0n) is 12.8. The van der Waals surface area contributed by atoms with Crippen molar-refractivity contribution in [3.8, 4) is 17.3 Å². The molecule has 0 bridgehead atoms. The molecular formula is C18H15F3N2O. The van der Waals surface area contributed by atoms with Crippen LogP contribution in [0.2, 0.25) is 0 Å². The first-order chi connectivity index (χ1) is 11.5. The molecule has 0 amide bonds. The van der Waals surface area contributed by atoms with Crippen LogP contribution in [0.3, 0.4) is 0 Å². The van der Waals surface area contributed by atoms with Crippen molar-refractivity contribution in [2.24, 2.45) is 0 Å². The highest BCUT2D eigenvalue weighted by Gasteiger charge is 2.30. The molecule has 1 heterocycles. The summed E-state index contributed by atoms with van der Waals surface area (Å²) in [5.41, 5.74) is 1.93. The fraction of sp³-hybridized carbons (Fsp3) is 0.278. The van der Waals surface area contributed by atoms with Gasteiger partial charge in [0.15, 0.2) is 6.19 Å². The van der Waals surface area contributed by atoms with Gasteiger partial charge in [0.05, 0.1) is 31.4 Å². The van der Waals surface area contributed by atoms with Crippen molar-refractivity contribution in [2.75, 3.05) is 13.1 Å². The van der Waals surface area contributed by atoms with E-state index in [9.17, 15) is 13.2 Å². The van der Waals surface area contributed by atoms with Crippen LogP contribution in [-0.2, 0) is 17.5 Å². The minimum atomic E-state index is -4.32. The number of alkyl halides is 3. The Morgan fingerprint density at radius 2 is 1.54 bits per heavy atom. The van der Waals surface area contributed by atoms with Crippen molar-refractivity contribution >= 4 is 0 Å². The highest BCUT2D eigenvalue weighted by molar-refractivity contribution is 5.64. The van der Waals surface area contributed by atoms with Crippen molar-refractivity contribution in [2.45, 2.75) is 18.9 Å². The topological polar surface area (TPSA) is 36.3 Å². The first-order valence-electron chi connectivity index (χ1n) is 7.48. The Balaban J connectivity index is 1.59. The van der Waals surface area contributed by atoms with Gasteiger partial charge in [-0.25, -0.2) is 0 Å². The summed E-state index contributed by atoms with van der Waals surface area (Å²) in [6.07, 6.45) is -2.18. The van der Waals surface area contributed by atoms with E-state index in [1.807, 2.05) is 24.3 Å². The minimum absolute atomic E-state index is 0.0826. The zero-order valence-corrected chi connectivity index (χ0v) is 12.8. The fourth-order valence-corrected chi connectivity index (χ4v) is 2.48. The van der Waals surface area contributed by atoms with Gasteiger partial charge in [-0.15, -0.1) is 0 Å². The van der Waals surface area contributed by atoms with Crippen LogP contribution in [0, 0.1) is 11.5 Å². The predicted molar refractivity (Wildman–Crippen MR) is 82.6 cm³/mol. The Labute approximate surface area is 137 Å². The van der Waals surface area contributed by atoms with Gasteiger partial charge in [-0.3, -0.25) is 0 Å². The van der Waals surface area contributed by atoms with E-state index in [1.54, 1.807) is 4.90 Å². The first-order valence-corrected chi connectivity index (χ1v) is 7.48. The lowest BCUT2D eigenvalue weighted by Gasteiger charge is -2.34. The van der Waals surface area contributed by atoms with E-state index in [-0.39, 0.29) is 6.10 Å². The second kappa shape index (κ2) is 6.54. The summed E-state index contributed by atoms with van der Waals surface area (Å²) in [6.45, 7) is 1.71. The van der Waals surface area contributed by atoms with Gasteiger partial charge in [0.2, 0.25) is 0 Å². The zero-order chi connectivity index (χ0) is 17.2. The fourth-order valence-electron chi connectivity index (χ4n) is 2.48. The van der Waals surface area contributed by atoms with Gasteiger partial charge in [-0.1, -0.05) is 36.4 Å². The van der Waals surface area contributed by atoms with Crippen molar-refractivity contribution < 1.29 is 17.9 Å². The molecule has 2 aromatic rings. The molecule has 0 aromatic heterocycles. The summed E-state index contributed by atoms with van der Waals surface area (Å²) in [6, 6.07) is 12.6. The monoisotopic (exact) mass is 332 g/mol. The normalized spacial score (nSPS) is 15.0.